The molecule has 8 heteroatoms. The summed E-state index contributed by atoms with van der Waals surface area (Å²) in [5, 5.41) is 10.7. The van der Waals surface area contributed by atoms with Crippen molar-refractivity contribution < 1.29 is 13.3 Å². The first kappa shape index (κ1) is 13.8. The monoisotopic (exact) mass is 293 g/mol. The van der Waals surface area contributed by atoms with Crippen LogP contribution in [0.15, 0.2) is 23.1 Å². The van der Waals surface area contributed by atoms with Crippen LogP contribution in [-0.4, -0.2) is 19.2 Å². The van der Waals surface area contributed by atoms with Gasteiger partial charge in [-0.1, -0.05) is 17.9 Å². The molecule has 0 saturated carbocycles. The summed E-state index contributed by atoms with van der Waals surface area (Å²) in [5.74, 6) is 4.62. The van der Waals surface area contributed by atoms with E-state index in [4.69, 9.17) is 22.3 Å². The van der Waals surface area contributed by atoms with Crippen LogP contribution in [0, 0.1) is 22.0 Å². The Morgan fingerprint density at radius 3 is 2.53 bits per heavy atom. The molecular formula is C9H5Cl2NO4S. The number of benzene rings is 1. The molecule has 1 aromatic carbocycles. The predicted molar refractivity (Wildman–Crippen MR) is 63.7 cm³/mol. The van der Waals surface area contributed by atoms with Crippen molar-refractivity contribution in [3.63, 3.8) is 0 Å². The molecule has 0 aliphatic rings. The zero-order valence-electron chi connectivity index (χ0n) is 8.18. The van der Waals surface area contributed by atoms with Crippen LogP contribution >= 0.6 is 22.3 Å². The normalized spacial score (nSPS) is 10.5. The Labute approximate surface area is 107 Å². The maximum atomic E-state index is 11.2. The molecule has 1 rings (SSSR count). The molecule has 0 aromatic heterocycles. The third-order valence-electron chi connectivity index (χ3n) is 1.74. The highest BCUT2D eigenvalue weighted by Crippen LogP contribution is 2.27. The zero-order chi connectivity index (χ0) is 13.1. The molecule has 0 radical (unpaired) electrons. The van der Waals surface area contributed by atoms with Crippen LogP contribution in [0.25, 0.3) is 0 Å². The van der Waals surface area contributed by atoms with Crippen LogP contribution < -0.4 is 0 Å². The van der Waals surface area contributed by atoms with E-state index in [1.165, 1.54) is 6.07 Å². The van der Waals surface area contributed by atoms with E-state index in [9.17, 15) is 18.5 Å². The molecule has 0 aliphatic carbocycles. The van der Waals surface area contributed by atoms with Gasteiger partial charge in [0.25, 0.3) is 14.7 Å². The van der Waals surface area contributed by atoms with Crippen LogP contribution in [0.1, 0.15) is 5.56 Å². The zero-order valence-corrected chi connectivity index (χ0v) is 10.5. The van der Waals surface area contributed by atoms with Crippen molar-refractivity contribution in [1.82, 2.24) is 0 Å². The van der Waals surface area contributed by atoms with Gasteiger partial charge in [0.1, 0.15) is 10.5 Å². The van der Waals surface area contributed by atoms with Gasteiger partial charge >= 0.3 is 0 Å². The number of alkyl halides is 1. The second-order valence-electron chi connectivity index (χ2n) is 2.78. The topological polar surface area (TPSA) is 77.3 Å². The van der Waals surface area contributed by atoms with Gasteiger partial charge in [-0.2, -0.15) is 0 Å². The fourth-order valence-corrected chi connectivity index (χ4v) is 2.22. The number of halogens is 2. The van der Waals surface area contributed by atoms with Crippen molar-refractivity contribution >= 4 is 37.0 Å². The number of hydrogen-bond donors (Lipinski definition) is 0. The Bertz CT molecular complexity index is 616. The first-order valence-electron chi connectivity index (χ1n) is 4.15. The molecule has 0 heterocycles. The largest absolute Gasteiger partial charge is 0.286 e. The second kappa shape index (κ2) is 5.36. The molecule has 0 bridgehead atoms. The van der Waals surface area contributed by atoms with Crippen LogP contribution in [0.5, 0.6) is 0 Å². The Balaban J connectivity index is 3.63. The highest BCUT2D eigenvalue weighted by molar-refractivity contribution is 8.13. The summed E-state index contributed by atoms with van der Waals surface area (Å²) < 4.78 is 22.5. The standard InChI is InChI=1S/C9H5Cl2NO4S/c10-6-2-3-7-8(12(13)14)4-1-5-9(7)17(11,15)16/h1,4-5H,6H2. The lowest BCUT2D eigenvalue weighted by Gasteiger charge is -2.01. The molecule has 90 valence electrons. The molecule has 0 amide bonds. The Morgan fingerprint density at radius 1 is 1.41 bits per heavy atom. The average molecular weight is 294 g/mol. The lowest BCUT2D eigenvalue weighted by molar-refractivity contribution is -0.385. The lowest BCUT2D eigenvalue weighted by Crippen LogP contribution is -2.00. The molecule has 1 aromatic rings. The van der Waals surface area contributed by atoms with Crippen molar-refractivity contribution in [3.8, 4) is 11.8 Å². The van der Waals surface area contributed by atoms with E-state index >= 15 is 0 Å². The average Bonchev–Trinajstić information content (AvgIpc) is 2.24. The minimum absolute atomic E-state index is 0.0756. The summed E-state index contributed by atoms with van der Waals surface area (Å²) in [6.07, 6.45) is 0. The van der Waals surface area contributed by atoms with E-state index in [2.05, 4.69) is 11.8 Å². The van der Waals surface area contributed by atoms with Crippen molar-refractivity contribution in [3.05, 3.63) is 33.9 Å². The first-order valence-corrected chi connectivity index (χ1v) is 6.99. The molecule has 0 saturated heterocycles. The van der Waals surface area contributed by atoms with Crippen LogP contribution in [-0.2, 0) is 9.05 Å². The van der Waals surface area contributed by atoms with Gasteiger partial charge in [0.05, 0.1) is 10.8 Å². The van der Waals surface area contributed by atoms with Crippen molar-refractivity contribution in [1.29, 1.82) is 0 Å². The van der Waals surface area contributed by atoms with Gasteiger partial charge in [0.15, 0.2) is 0 Å². The maximum Gasteiger partial charge on any atom is 0.286 e. The Kier molecular flexibility index (Phi) is 4.34. The lowest BCUT2D eigenvalue weighted by atomic mass is 10.2. The van der Waals surface area contributed by atoms with Gasteiger partial charge in [-0.25, -0.2) is 8.42 Å². The molecule has 5 nitrogen and oxygen atoms in total. The van der Waals surface area contributed by atoms with Crippen LogP contribution in [0.4, 0.5) is 5.69 Å². The van der Waals surface area contributed by atoms with Gasteiger partial charge in [-0.05, 0) is 6.07 Å². The maximum absolute atomic E-state index is 11.2. The summed E-state index contributed by atoms with van der Waals surface area (Å²) in [5.41, 5.74) is -0.683. The summed E-state index contributed by atoms with van der Waals surface area (Å²) in [6.45, 7) is 0. The number of nitrogens with zero attached hydrogens (tertiary/aromatic N) is 1. The minimum atomic E-state index is -4.10. The summed E-state index contributed by atoms with van der Waals surface area (Å²) >= 11 is 5.32. The fraction of sp³-hybridized carbons (Fsp3) is 0.111. The van der Waals surface area contributed by atoms with Crippen molar-refractivity contribution in [2.24, 2.45) is 0 Å². The van der Waals surface area contributed by atoms with Crippen LogP contribution in [0.2, 0.25) is 0 Å². The third-order valence-corrected chi connectivity index (χ3v) is 3.24. The molecule has 0 fully saturated rings. The van der Waals surface area contributed by atoms with Gasteiger partial charge < -0.3 is 0 Å². The van der Waals surface area contributed by atoms with E-state index in [1.807, 2.05) is 0 Å². The van der Waals surface area contributed by atoms with Crippen molar-refractivity contribution in [2.75, 3.05) is 5.88 Å². The summed E-state index contributed by atoms with van der Waals surface area (Å²) in [6, 6.07) is 3.51. The molecule has 0 atom stereocenters. The minimum Gasteiger partial charge on any atom is -0.258 e. The van der Waals surface area contributed by atoms with Gasteiger partial charge in [-0.3, -0.25) is 10.1 Å². The number of nitro benzene ring substituents is 1. The van der Waals surface area contributed by atoms with E-state index in [-0.39, 0.29) is 11.4 Å². The van der Waals surface area contributed by atoms with E-state index in [0.29, 0.717) is 0 Å². The molecule has 0 N–H and O–H groups in total. The van der Waals surface area contributed by atoms with Gasteiger partial charge in [0, 0.05) is 16.7 Å². The summed E-state index contributed by atoms with van der Waals surface area (Å²) in [7, 11) is 1.07. The molecule has 0 spiro atoms. The second-order valence-corrected chi connectivity index (χ2v) is 5.58. The highest BCUT2D eigenvalue weighted by Gasteiger charge is 2.22. The van der Waals surface area contributed by atoms with Gasteiger partial charge in [-0.15, -0.1) is 11.6 Å². The molecular weight excluding hydrogens is 289 g/mol. The smallest absolute Gasteiger partial charge is 0.258 e. The van der Waals surface area contributed by atoms with Gasteiger partial charge in [0.2, 0.25) is 0 Å². The third kappa shape index (κ3) is 3.33. The SMILES string of the molecule is O=[N+]([O-])c1cccc(S(=O)(=O)Cl)c1C#CCCl. The fourth-order valence-electron chi connectivity index (χ4n) is 1.12. The molecule has 0 aliphatic heterocycles. The van der Waals surface area contributed by atoms with E-state index in [1.54, 1.807) is 0 Å². The van der Waals surface area contributed by atoms with E-state index < -0.39 is 24.6 Å². The van der Waals surface area contributed by atoms with Crippen molar-refractivity contribution in [2.45, 2.75) is 4.90 Å². The molecule has 17 heavy (non-hydrogen) atoms. The Morgan fingerprint density at radius 2 is 2.06 bits per heavy atom. The number of hydrogen-bond acceptors (Lipinski definition) is 4. The number of nitro groups is 1. The molecule has 0 unspecified atom stereocenters. The number of rotatable bonds is 2. The highest BCUT2D eigenvalue weighted by atomic mass is 35.7. The van der Waals surface area contributed by atoms with E-state index in [0.717, 1.165) is 12.1 Å². The quantitative estimate of drug-likeness (QED) is 0.275. The Hall–Kier alpha value is -1.29. The summed E-state index contributed by atoms with van der Waals surface area (Å²) in [4.78, 5) is 9.60. The van der Waals surface area contributed by atoms with Crippen LogP contribution in [0.3, 0.4) is 0 Å². The predicted octanol–water partition coefficient (Wildman–Crippen LogP) is 2.11. The first-order chi connectivity index (χ1) is 7.88.